The Bertz CT molecular complexity index is 2500. The second kappa shape index (κ2) is 11.4. The van der Waals surface area contributed by atoms with Gasteiger partial charge < -0.3 is 0 Å². The molecule has 9 rings (SSSR count). The first-order chi connectivity index (χ1) is 23.3. The molecule has 0 radical (unpaired) electrons. The van der Waals surface area contributed by atoms with Crippen molar-refractivity contribution in [1.82, 2.24) is 15.0 Å². The number of hydrogen-bond donors (Lipinski definition) is 0. The van der Waals surface area contributed by atoms with Crippen molar-refractivity contribution in [2.24, 2.45) is 0 Å². The fourth-order valence-corrected chi connectivity index (χ4v) is 7.64. The zero-order chi connectivity index (χ0) is 31.2. The second-order valence-corrected chi connectivity index (χ2v) is 12.7. The third kappa shape index (κ3) is 4.87. The summed E-state index contributed by atoms with van der Waals surface area (Å²) in [6.07, 6.45) is 0. The molecule has 3 nitrogen and oxygen atoms in total. The third-order valence-corrected chi connectivity index (χ3v) is 9.89. The molecule has 4 heteroatoms. The largest absolute Gasteiger partial charge is 0.208 e. The van der Waals surface area contributed by atoms with Crippen molar-refractivity contribution >= 4 is 42.3 Å². The van der Waals surface area contributed by atoms with E-state index in [9.17, 15) is 0 Å². The summed E-state index contributed by atoms with van der Waals surface area (Å²) in [5, 5.41) is 4.85. The Morgan fingerprint density at radius 1 is 0.298 bits per heavy atom. The van der Waals surface area contributed by atoms with Crippen molar-refractivity contribution < 1.29 is 0 Å². The van der Waals surface area contributed by atoms with Crippen molar-refractivity contribution in [3.8, 4) is 56.4 Å². The first-order valence-corrected chi connectivity index (χ1v) is 16.5. The molecule has 0 aliphatic rings. The molecule has 0 saturated heterocycles. The molecule has 47 heavy (non-hydrogen) atoms. The van der Waals surface area contributed by atoms with Gasteiger partial charge in [-0.05, 0) is 57.3 Å². The fourth-order valence-electron chi connectivity index (χ4n) is 6.51. The Kier molecular flexibility index (Phi) is 6.65. The average molecular weight is 618 g/mol. The Morgan fingerprint density at radius 2 is 0.787 bits per heavy atom. The van der Waals surface area contributed by atoms with E-state index in [4.69, 9.17) is 15.0 Å². The van der Waals surface area contributed by atoms with Crippen molar-refractivity contribution in [1.29, 1.82) is 0 Å². The standard InChI is InChI=1S/C43H27N3S/c1-4-14-28(15-5-1)36-26-38-34-22-12-13-23-39(34)47-40(38)27-37(36)33-24-25-35(32-21-11-10-20-31(32)33)43-45-41(29-16-6-2-7-17-29)44-42(46-43)30-18-8-3-9-19-30/h1-27H. The maximum absolute atomic E-state index is 5.06. The van der Waals surface area contributed by atoms with Gasteiger partial charge in [0.25, 0.3) is 0 Å². The molecule has 2 heterocycles. The zero-order valence-corrected chi connectivity index (χ0v) is 26.2. The minimum atomic E-state index is 0.656. The Labute approximate surface area is 276 Å². The summed E-state index contributed by atoms with van der Waals surface area (Å²) in [5.74, 6) is 1.97. The highest BCUT2D eigenvalue weighted by Crippen LogP contribution is 2.44. The van der Waals surface area contributed by atoms with Crippen LogP contribution in [0.15, 0.2) is 164 Å². The van der Waals surface area contributed by atoms with E-state index in [-0.39, 0.29) is 0 Å². The second-order valence-electron chi connectivity index (χ2n) is 11.6. The summed E-state index contributed by atoms with van der Waals surface area (Å²) in [6, 6.07) is 57.5. The molecule has 0 bridgehead atoms. The van der Waals surface area contributed by atoms with Gasteiger partial charge in [-0.15, -0.1) is 11.3 Å². The van der Waals surface area contributed by atoms with E-state index in [0.717, 1.165) is 27.5 Å². The SMILES string of the molecule is c1ccc(-c2nc(-c3ccccc3)nc(-c3ccc(-c4cc5sc6ccccc6c5cc4-c4ccccc4)c4ccccc34)n2)cc1. The highest BCUT2D eigenvalue weighted by molar-refractivity contribution is 7.25. The lowest BCUT2D eigenvalue weighted by Gasteiger charge is -2.16. The van der Waals surface area contributed by atoms with Gasteiger partial charge in [0.15, 0.2) is 17.5 Å². The normalized spacial score (nSPS) is 11.4. The lowest BCUT2D eigenvalue weighted by Crippen LogP contribution is -2.00. The van der Waals surface area contributed by atoms with E-state index in [1.807, 2.05) is 72.0 Å². The number of aromatic nitrogens is 3. The van der Waals surface area contributed by atoms with Crippen LogP contribution in [0, 0.1) is 0 Å². The van der Waals surface area contributed by atoms with Gasteiger partial charge in [0.1, 0.15) is 0 Å². The number of benzene rings is 7. The smallest absolute Gasteiger partial charge is 0.164 e. The topological polar surface area (TPSA) is 38.7 Å². The summed E-state index contributed by atoms with van der Waals surface area (Å²) in [6.45, 7) is 0. The molecule has 0 spiro atoms. The molecule has 0 aliphatic heterocycles. The van der Waals surface area contributed by atoms with Crippen LogP contribution < -0.4 is 0 Å². The summed E-state index contributed by atoms with van der Waals surface area (Å²) < 4.78 is 2.59. The summed E-state index contributed by atoms with van der Waals surface area (Å²) in [7, 11) is 0. The Hall–Kier alpha value is -5.97. The number of hydrogen-bond acceptors (Lipinski definition) is 4. The van der Waals surface area contributed by atoms with Gasteiger partial charge >= 0.3 is 0 Å². The van der Waals surface area contributed by atoms with E-state index in [1.54, 1.807) is 0 Å². The van der Waals surface area contributed by atoms with Crippen LogP contribution in [0.25, 0.3) is 87.4 Å². The first-order valence-electron chi connectivity index (χ1n) is 15.7. The first kappa shape index (κ1) is 27.3. The zero-order valence-electron chi connectivity index (χ0n) is 25.3. The molecule has 0 atom stereocenters. The van der Waals surface area contributed by atoms with Crippen LogP contribution in [-0.2, 0) is 0 Å². The van der Waals surface area contributed by atoms with Crippen LogP contribution in [-0.4, -0.2) is 15.0 Å². The van der Waals surface area contributed by atoms with Gasteiger partial charge in [0.2, 0.25) is 0 Å². The molecule has 9 aromatic rings. The van der Waals surface area contributed by atoms with Gasteiger partial charge in [-0.1, -0.05) is 140 Å². The molecular weight excluding hydrogens is 591 g/mol. The monoisotopic (exact) mass is 617 g/mol. The molecule has 2 aromatic heterocycles. The van der Waals surface area contributed by atoms with Crippen LogP contribution in [0.5, 0.6) is 0 Å². The van der Waals surface area contributed by atoms with E-state index >= 15 is 0 Å². The van der Waals surface area contributed by atoms with Gasteiger partial charge in [-0.3, -0.25) is 0 Å². The maximum Gasteiger partial charge on any atom is 0.164 e. The number of nitrogens with zero attached hydrogens (tertiary/aromatic N) is 3. The van der Waals surface area contributed by atoms with Crippen molar-refractivity contribution in [3.63, 3.8) is 0 Å². The Balaban J connectivity index is 1.29. The molecule has 220 valence electrons. The summed E-state index contributed by atoms with van der Waals surface area (Å²) in [4.78, 5) is 15.0. The van der Waals surface area contributed by atoms with Crippen molar-refractivity contribution in [2.75, 3.05) is 0 Å². The van der Waals surface area contributed by atoms with Crippen LogP contribution in [0.2, 0.25) is 0 Å². The molecule has 0 N–H and O–H groups in total. The highest BCUT2D eigenvalue weighted by Gasteiger charge is 2.19. The molecular formula is C43H27N3S. The van der Waals surface area contributed by atoms with E-state index < -0.39 is 0 Å². The molecule has 0 unspecified atom stereocenters. The van der Waals surface area contributed by atoms with Gasteiger partial charge in [-0.2, -0.15) is 0 Å². The van der Waals surface area contributed by atoms with Crippen LogP contribution >= 0.6 is 11.3 Å². The van der Waals surface area contributed by atoms with Crippen LogP contribution in [0.3, 0.4) is 0 Å². The molecule has 0 amide bonds. The quantitative estimate of drug-likeness (QED) is 0.193. The summed E-state index contributed by atoms with van der Waals surface area (Å²) >= 11 is 1.85. The summed E-state index contributed by atoms with van der Waals surface area (Å²) in [5.41, 5.74) is 7.71. The van der Waals surface area contributed by atoms with Crippen LogP contribution in [0.1, 0.15) is 0 Å². The van der Waals surface area contributed by atoms with E-state index in [1.165, 1.54) is 42.4 Å². The maximum atomic E-state index is 5.06. The number of fused-ring (bicyclic) bond motifs is 4. The average Bonchev–Trinajstić information content (AvgIpc) is 3.52. The molecule has 7 aromatic carbocycles. The highest BCUT2D eigenvalue weighted by atomic mass is 32.1. The number of rotatable bonds is 5. The Morgan fingerprint density at radius 3 is 1.43 bits per heavy atom. The van der Waals surface area contributed by atoms with Gasteiger partial charge in [0, 0.05) is 36.9 Å². The lowest BCUT2D eigenvalue weighted by molar-refractivity contribution is 1.08. The number of thiophene rings is 1. The predicted octanol–water partition coefficient (Wildman–Crippen LogP) is 11.7. The lowest BCUT2D eigenvalue weighted by atomic mass is 9.89. The van der Waals surface area contributed by atoms with Gasteiger partial charge in [-0.25, -0.2) is 15.0 Å². The minimum Gasteiger partial charge on any atom is -0.208 e. The van der Waals surface area contributed by atoms with E-state index in [2.05, 4.69) is 103 Å². The predicted molar refractivity (Wildman–Crippen MR) is 197 cm³/mol. The minimum absolute atomic E-state index is 0.656. The van der Waals surface area contributed by atoms with Crippen LogP contribution in [0.4, 0.5) is 0 Å². The molecule has 0 fully saturated rings. The molecule has 0 saturated carbocycles. The van der Waals surface area contributed by atoms with Crippen molar-refractivity contribution in [2.45, 2.75) is 0 Å². The van der Waals surface area contributed by atoms with Crippen molar-refractivity contribution in [3.05, 3.63) is 164 Å². The van der Waals surface area contributed by atoms with E-state index in [0.29, 0.717) is 17.5 Å². The molecule has 0 aliphatic carbocycles. The fraction of sp³-hybridized carbons (Fsp3) is 0. The third-order valence-electron chi connectivity index (χ3n) is 8.76. The van der Waals surface area contributed by atoms with Gasteiger partial charge in [0.05, 0.1) is 0 Å².